The van der Waals surface area contributed by atoms with Gasteiger partial charge in [0.25, 0.3) is 5.91 Å². The first kappa shape index (κ1) is 22.0. The zero-order valence-electron chi connectivity index (χ0n) is 16.5. The van der Waals surface area contributed by atoms with Gasteiger partial charge in [-0.05, 0) is 42.2 Å². The second-order valence-corrected chi connectivity index (χ2v) is 7.40. The van der Waals surface area contributed by atoms with Crippen LogP contribution in [0.4, 0.5) is 5.13 Å². The molecule has 0 radical (unpaired) electrons. The summed E-state index contributed by atoms with van der Waals surface area (Å²) in [6.07, 6.45) is 3.22. The van der Waals surface area contributed by atoms with Crippen LogP contribution >= 0.6 is 23.3 Å². The number of methoxy groups -OCH3 is 1. The number of nitriles is 1. The number of nitrogens with zero attached hydrogens (tertiary/aromatic N) is 3. The highest BCUT2D eigenvalue weighted by Crippen LogP contribution is 2.30. The van der Waals surface area contributed by atoms with E-state index in [0.29, 0.717) is 21.4 Å². The minimum atomic E-state index is -0.607. The fraction of sp³-hybridized carbons (Fsp3) is 0.0952. The van der Waals surface area contributed by atoms with Crippen molar-refractivity contribution in [3.63, 3.8) is 0 Å². The van der Waals surface area contributed by atoms with Gasteiger partial charge in [0.05, 0.1) is 12.7 Å². The van der Waals surface area contributed by atoms with Crippen LogP contribution in [0.25, 0.3) is 6.08 Å². The monoisotopic (exact) mass is 452 g/mol. The molecule has 3 aromatic rings. The number of carbonyl (C=O) groups is 2. The van der Waals surface area contributed by atoms with E-state index >= 15 is 0 Å². The smallest absolute Gasteiger partial charge is 0.343 e. The summed E-state index contributed by atoms with van der Waals surface area (Å²) in [6.45, 7) is 0. The summed E-state index contributed by atoms with van der Waals surface area (Å²) < 4.78 is 14.8. The molecule has 1 amide bonds. The Morgan fingerprint density at radius 1 is 1.19 bits per heavy atom. The van der Waals surface area contributed by atoms with Gasteiger partial charge in [0.15, 0.2) is 11.5 Å². The van der Waals surface area contributed by atoms with Crippen molar-refractivity contribution >= 4 is 46.4 Å². The molecule has 0 bridgehead atoms. The summed E-state index contributed by atoms with van der Waals surface area (Å²) in [5.41, 5.74) is 0.792. The number of benzene rings is 2. The van der Waals surface area contributed by atoms with Gasteiger partial charge in [0.1, 0.15) is 11.6 Å². The number of rotatable bonds is 7. The largest absolute Gasteiger partial charge is 0.493 e. The molecule has 0 saturated carbocycles. The highest BCUT2D eigenvalue weighted by molar-refractivity contribution is 7.98. The summed E-state index contributed by atoms with van der Waals surface area (Å²) in [6, 6.07) is 15.1. The minimum absolute atomic E-state index is 0.128. The standard InChI is InChI=1S/C21H16N4O4S2/c1-28-17-11-13(8-9-16(17)29-19(27)14-6-4-3-5-7-14)10-15(12-22)18(26)23-20-24-21(30-2)25-31-20/h3-11H,1-2H3,(H,23,24,25,26)/b15-10-. The van der Waals surface area contributed by atoms with Crippen LogP contribution < -0.4 is 14.8 Å². The molecule has 0 aliphatic carbocycles. The zero-order valence-corrected chi connectivity index (χ0v) is 18.1. The number of aromatic nitrogens is 2. The van der Waals surface area contributed by atoms with Crippen molar-refractivity contribution in [1.29, 1.82) is 5.26 Å². The van der Waals surface area contributed by atoms with E-state index in [4.69, 9.17) is 9.47 Å². The Balaban J connectivity index is 1.78. The van der Waals surface area contributed by atoms with E-state index in [1.54, 1.807) is 42.5 Å². The molecular formula is C21H16N4O4S2. The zero-order chi connectivity index (χ0) is 22.2. The molecule has 2 aromatic carbocycles. The fourth-order valence-electron chi connectivity index (χ4n) is 2.41. The van der Waals surface area contributed by atoms with Gasteiger partial charge in [0.2, 0.25) is 10.3 Å². The van der Waals surface area contributed by atoms with Gasteiger partial charge in [-0.15, -0.1) is 0 Å². The van der Waals surface area contributed by atoms with Crippen LogP contribution in [0.15, 0.2) is 59.3 Å². The number of anilines is 1. The molecule has 0 aliphatic rings. The maximum Gasteiger partial charge on any atom is 0.343 e. The molecule has 8 nitrogen and oxygen atoms in total. The quantitative estimate of drug-likeness (QED) is 0.188. The van der Waals surface area contributed by atoms with Crippen molar-refractivity contribution in [2.45, 2.75) is 5.16 Å². The molecule has 0 spiro atoms. The molecule has 1 N–H and O–H groups in total. The number of thioether (sulfide) groups is 1. The van der Waals surface area contributed by atoms with Gasteiger partial charge in [-0.1, -0.05) is 36.0 Å². The number of hydrogen-bond acceptors (Lipinski definition) is 9. The molecule has 156 valence electrons. The van der Waals surface area contributed by atoms with Gasteiger partial charge in [0, 0.05) is 11.5 Å². The first-order chi connectivity index (χ1) is 15.0. The first-order valence-corrected chi connectivity index (χ1v) is 10.8. The summed E-state index contributed by atoms with van der Waals surface area (Å²) >= 11 is 2.38. The van der Waals surface area contributed by atoms with Crippen LogP contribution in [0.5, 0.6) is 11.5 Å². The van der Waals surface area contributed by atoms with Crippen LogP contribution in [0.1, 0.15) is 15.9 Å². The Morgan fingerprint density at radius 2 is 1.97 bits per heavy atom. The highest BCUT2D eigenvalue weighted by atomic mass is 32.2. The summed E-state index contributed by atoms with van der Waals surface area (Å²) in [7, 11) is 1.43. The number of esters is 1. The number of amides is 1. The SMILES string of the molecule is COc1cc(/C=C(/C#N)C(=O)Nc2nc(SC)ns2)ccc1OC(=O)c1ccccc1. The predicted octanol–water partition coefficient (Wildman–Crippen LogP) is 4.03. The molecule has 1 aromatic heterocycles. The minimum Gasteiger partial charge on any atom is -0.493 e. The topological polar surface area (TPSA) is 114 Å². The van der Waals surface area contributed by atoms with E-state index in [-0.39, 0.29) is 17.1 Å². The van der Waals surface area contributed by atoms with Gasteiger partial charge < -0.3 is 9.47 Å². The van der Waals surface area contributed by atoms with Crippen LogP contribution in [-0.2, 0) is 4.79 Å². The lowest BCUT2D eigenvalue weighted by Gasteiger charge is -2.10. The number of carbonyl (C=O) groups excluding carboxylic acids is 2. The lowest BCUT2D eigenvalue weighted by Crippen LogP contribution is -2.13. The van der Waals surface area contributed by atoms with Gasteiger partial charge in [-0.25, -0.2) is 4.79 Å². The molecule has 0 unspecified atom stereocenters. The molecular weight excluding hydrogens is 436 g/mol. The van der Waals surface area contributed by atoms with Crippen LogP contribution in [0, 0.1) is 11.3 Å². The predicted molar refractivity (Wildman–Crippen MR) is 118 cm³/mol. The third-order valence-corrected chi connectivity index (χ3v) is 5.18. The van der Waals surface area contributed by atoms with Crippen LogP contribution in [0.3, 0.4) is 0 Å². The third kappa shape index (κ3) is 5.69. The Kier molecular flexibility index (Phi) is 7.37. The lowest BCUT2D eigenvalue weighted by molar-refractivity contribution is -0.112. The first-order valence-electron chi connectivity index (χ1n) is 8.80. The number of nitrogens with one attached hydrogen (secondary N) is 1. The molecule has 3 rings (SSSR count). The average molecular weight is 453 g/mol. The van der Waals surface area contributed by atoms with Crippen molar-refractivity contribution < 1.29 is 19.1 Å². The third-order valence-electron chi connectivity index (χ3n) is 3.89. The van der Waals surface area contributed by atoms with Crippen molar-refractivity contribution in [3.8, 4) is 17.6 Å². The van der Waals surface area contributed by atoms with E-state index in [1.165, 1.54) is 31.0 Å². The van der Waals surface area contributed by atoms with Crippen molar-refractivity contribution in [2.75, 3.05) is 18.7 Å². The molecule has 0 saturated heterocycles. The van der Waals surface area contributed by atoms with E-state index < -0.39 is 11.9 Å². The normalized spacial score (nSPS) is 10.8. The van der Waals surface area contributed by atoms with Gasteiger partial charge in [-0.3, -0.25) is 10.1 Å². The summed E-state index contributed by atoms with van der Waals surface area (Å²) in [5, 5.41) is 12.8. The van der Waals surface area contributed by atoms with Crippen LogP contribution in [0.2, 0.25) is 0 Å². The molecule has 0 fully saturated rings. The Morgan fingerprint density at radius 3 is 2.61 bits per heavy atom. The van der Waals surface area contributed by atoms with E-state index in [0.717, 1.165) is 11.5 Å². The van der Waals surface area contributed by atoms with E-state index in [2.05, 4.69) is 14.7 Å². The number of ether oxygens (including phenoxy) is 2. The number of hydrogen-bond donors (Lipinski definition) is 1. The average Bonchev–Trinajstić information content (AvgIpc) is 3.26. The molecule has 1 heterocycles. The second kappa shape index (κ2) is 10.4. The molecule has 0 atom stereocenters. The summed E-state index contributed by atoms with van der Waals surface area (Å²) in [5.74, 6) is -0.634. The van der Waals surface area contributed by atoms with Crippen molar-refractivity contribution in [1.82, 2.24) is 9.36 Å². The van der Waals surface area contributed by atoms with E-state index in [1.807, 2.05) is 12.3 Å². The lowest BCUT2D eigenvalue weighted by atomic mass is 10.1. The Hall–Kier alpha value is -3.68. The second-order valence-electron chi connectivity index (χ2n) is 5.88. The Bertz CT molecular complexity index is 1170. The van der Waals surface area contributed by atoms with Gasteiger partial charge in [-0.2, -0.15) is 14.6 Å². The van der Waals surface area contributed by atoms with Gasteiger partial charge >= 0.3 is 5.97 Å². The maximum absolute atomic E-state index is 12.4. The van der Waals surface area contributed by atoms with Crippen LogP contribution in [-0.4, -0.2) is 34.6 Å². The van der Waals surface area contributed by atoms with Crippen molar-refractivity contribution in [3.05, 3.63) is 65.2 Å². The molecule has 0 aliphatic heterocycles. The fourth-order valence-corrected chi connectivity index (χ4v) is 3.54. The van der Waals surface area contributed by atoms with E-state index in [9.17, 15) is 14.9 Å². The maximum atomic E-state index is 12.4. The summed E-state index contributed by atoms with van der Waals surface area (Å²) in [4.78, 5) is 28.8. The molecule has 31 heavy (non-hydrogen) atoms. The van der Waals surface area contributed by atoms with Crippen molar-refractivity contribution in [2.24, 2.45) is 0 Å². The Labute approximate surface area is 186 Å². The highest BCUT2D eigenvalue weighted by Gasteiger charge is 2.15. The molecule has 10 heteroatoms.